The molecule has 7 aromatic rings. The van der Waals surface area contributed by atoms with Crippen molar-refractivity contribution in [3.63, 3.8) is 0 Å². The number of aromatic nitrogens is 4. The first kappa shape index (κ1) is 84.5. The predicted molar refractivity (Wildman–Crippen MR) is 348 cm³/mol. The summed E-state index contributed by atoms with van der Waals surface area (Å²) in [7, 11) is 0. The number of benzene rings is 5. The zero-order valence-corrected chi connectivity index (χ0v) is 63.9. The third-order valence-electron chi connectivity index (χ3n) is 15.3. The predicted octanol–water partition coefficient (Wildman–Crippen LogP) is 2.25. The summed E-state index contributed by atoms with van der Waals surface area (Å²) in [6.07, 6.45) is 3.79. The molecule has 2 heterocycles. The zero-order chi connectivity index (χ0) is 69.1. The average molecular weight is 1490 g/mol. The summed E-state index contributed by atoms with van der Waals surface area (Å²) in [4.78, 5) is 94.9. The maximum atomic E-state index is 14.1. The fourth-order valence-electron chi connectivity index (χ4n) is 9.20. The minimum atomic E-state index is -1.02. The van der Waals surface area contributed by atoms with Crippen LogP contribution >= 0.6 is 50.7 Å². The number of hydrogen-bond donors (Lipinski definition) is 7. The molecule has 3 fully saturated rings. The van der Waals surface area contributed by atoms with Gasteiger partial charge in [-0.25, -0.2) is 13.2 Å². The van der Waals surface area contributed by atoms with Gasteiger partial charge in [-0.05, 0) is 77.8 Å². The van der Waals surface area contributed by atoms with Crippen molar-refractivity contribution in [1.82, 2.24) is 40.4 Å². The molecule has 5 aromatic carbocycles. The number of primary amides is 2. The summed E-state index contributed by atoms with van der Waals surface area (Å²) < 4.78 is 43.7. The second-order valence-corrected chi connectivity index (χ2v) is 25.7. The van der Waals surface area contributed by atoms with E-state index in [1.807, 2.05) is 13.8 Å². The number of aryl methyl sites for hydroxylation is 1. The van der Waals surface area contributed by atoms with E-state index in [9.17, 15) is 46.7 Å². The average Bonchev–Trinajstić information content (AvgIpc) is 1.61. The number of aliphatic carboxylic acids is 1. The number of nitrogens with two attached hydrogens (primary N) is 3. The number of nitrogens with one attached hydrogen (secondary N) is 3. The number of amides is 5. The third-order valence-corrected chi connectivity index (χ3v) is 16.8. The van der Waals surface area contributed by atoms with Gasteiger partial charge in [-0.2, -0.15) is 10.2 Å². The van der Waals surface area contributed by atoms with Crippen molar-refractivity contribution < 1.29 is 171 Å². The van der Waals surface area contributed by atoms with Gasteiger partial charge in [-0.3, -0.25) is 47.7 Å². The van der Waals surface area contributed by atoms with E-state index in [4.69, 9.17) is 67.2 Å². The number of nitrogens with zero attached hydrogens (tertiary/aromatic N) is 5. The van der Waals surface area contributed by atoms with Crippen molar-refractivity contribution >= 4 is 120 Å². The maximum absolute atomic E-state index is 14.1. The molecular weight excluding hydrogens is 1420 g/mol. The van der Waals surface area contributed by atoms with E-state index in [1.165, 1.54) is 44.9 Å². The number of carboxylic acids is 1. The SMILES string of the molecule is CC1(C)CC1N.CC1(C)CC1N(CC(=O)NCc1cccc(Cl)c1F)C(=O)Cn1nc(C(N)=O)c2ccccc21.CC1(C)CC1NCC(=O)NCc1cccc(Cl)c1F.NC(=O)c1nn(CC(=O)O)c2ccccc12.O=C(CBr)CCc1cccc(Cl)c1F.O=CO[O-].[H-].[K+].[K+]. The molecule has 3 aliphatic rings. The second kappa shape index (κ2) is 39.2. The number of carbonyl (C=O) groups is 8. The Balaban J connectivity index is 0.000000433. The van der Waals surface area contributed by atoms with E-state index in [1.54, 1.807) is 78.9 Å². The van der Waals surface area contributed by atoms with Crippen LogP contribution in [0, 0.1) is 33.7 Å². The number of halogens is 7. The normalized spacial score (nSPS) is 15.8. The number of carbonyl (C=O) groups excluding carboxylic acids is 7. The quantitative estimate of drug-likeness (QED) is 0.0178. The van der Waals surface area contributed by atoms with E-state index in [0.717, 1.165) is 12.8 Å². The Morgan fingerprint density at radius 1 is 0.684 bits per heavy atom. The zero-order valence-electron chi connectivity index (χ0n) is 54.8. The molecule has 3 aliphatic carbocycles. The summed E-state index contributed by atoms with van der Waals surface area (Å²) in [6, 6.07) is 28.8. The number of ketones is 1. The first-order chi connectivity index (χ1) is 43.8. The molecule has 10 rings (SSSR count). The Hall–Kier alpha value is -4.71. The van der Waals surface area contributed by atoms with E-state index in [2.05, 4.69) is 74.7 Å². The molecule has 3 saturated carbocycles. The molecule has 3 unspecified atom stereocenters. The first-order valence-corrected chi connectivity index (χ1v) is 31.2. The molecule has 502 valence electrons. The summed E-state index contributed by atoms with van der Waals surface area (Å²) in [5.41, 5.74) is 19.3. The Labute approximate surface area is 657 Å². The molecule has 3 atom stereocenters. The number of Topliss-reactive ketones (excluding diaryl/α,β-unsaturated/α-hetero) is 1. The van der Waals surface area contributed by atoms with Crippen molar-refractivity contribution in [2.24, 2.45) is 33.4 Å². The number of fused-ring (bicyclic) bond motifs is 2. The van der Waals surface area contributed by atoms with Crippen LogP contribution < -0.4 is 141 Å². The topological polar surface area (TPSA) is 342 Å². The van der Waals surface area contributed by atoms with Crippen LogP contribution in [0.5, 0.6) is 0 Å². The van der Waals surface area contributed by atoms with Gasteiger partial charge in [0.25, 0.3) is 18.3 Å². The molecule has 10 N–H and O–H groups in total. The maximum Gasteiger partial charge on any atom is 1.00 e. The third kappa shape index (κ3) is 26.2. The molecule has 2 aromatic heterocycles. The van der Waals surface area contributed by atoms with Crippen molar-refractivity contribution in [1.29, 1.82) is 0 Å². The molecule has 0 saturated heterocycles. The minimum Gasteiger partial charge on any atom is -1.00 e. The number of carboxylic acid groups (broad SMARTS) is 1. The van der Waals surface area contributed by atoms with Gasteiger partial charge in [0.05, 0.1) is 44.5 Å². The van der Waals surface area contributed by atoms with Gasteiger partial charge in [-0.1, -0.05) is 165 Å². The van der Waals surface area contributed by atoms with Crippen LogP contribution in [0.3, 0.4) is 0 Å². The minimum absolute atomic E-state index is 0. The van der Waals surface area contributed by atoms with Crippen LogP contribution in [-0.4, -0.2) is 114 Å². The van der Waals surface area contributed by atoms with Crippen LogP contribution in [0.4, 0.5) is 13.2 Å². The Morgan fingerprint density at radius 3 is 1.46 bits per heavy atom. The number of rotatable bonds is 21. The number of alkyl halides is 1. The number of para-hydroxylation sites is 2. The molecule has 22 nitrogen and oxygen atoms in total. The van der Waals surface area contributed by atoms with Gasteiger partial charge < -0.3 is 54.7 Å². The molecule has 0 spiro atoms. The van der Waals surface area contributed by atoms with E-state index < -0.39 is 41.1 Å². The number of hydrogen-bond acceptors (Lipinski definition) is 14. The van der Waals surface area contributed by atoms with Gasteiger partial charge >= 0.3 is 109 Å². The van der Waals surface area contributed by atoms with Gasteiger partial charge in [-0.15, -0.1) is 0 Å². The molecule has 0 radical (unpaired) electrons. The first-order valence-electron chi connectivity index (χ1n) is 28.9. The van der Waals surface area contributed by atoms with Crippen molar-refractivity contribution in [2.45, 2.75) is 118 Å². The summed E-state index contributed by atoms with van der Waals surface area (Å²) >= 11 is 20.1. The fourth-order valence-corrected chi connectivity index (χ4v) is 10.1. The smallest absolute Gasteiger partial charge is 1.00 e. The van der Waals surface area contributed by atoms with E-state index in [0.29, 0.717) is 74.0 Å². The van der Waals surface area contributed by atoms with Crippen LogP contribution in [0.15, 0.2) is 103 Å². The molecule has 95 heavy (non-hydrogen) atoms. The summed E-state index contributed by atoms with van der Waals surface area (Å²) in [5.74, 6) is -4.66. The molecule has 5 amide bonds. The van der Waals surface area contributed by atoms with Crippen molar-refractivity contribution in [2.75, 3.05) is 18.4 Å². The van der Waals surface area contributed by atoms with E-state index in [-0.39, 0.29) is 211 Å². The summed E-state index contributed by atoms with van der Waals surface area (Å²) in [5, 5.41) is 35.4. The van der Waals surface area contributed by atoms with Crippen LogP contribution in [0.2, 0.25) is 15.1 Å². The Morgan fingerprint density at radius 2 is 1.08 bits per heavy atom. The molecule has 0 bridgehead atoms. The van der Waals surface area contributed by atoms with Gasteiger partial charge in [0.15, 0.2) is 11.4 Å². The van der Waals surface area contributed by atoms with Crippen molar-refractivity contribution in [3.8, 4) is 0 Å². The molecule has 0 aliphatic heterocycles. The van der Waals surface area contributed by atoms with Gasteiger partial charge in [0.1, 0.15) is 36.3 Å². The van der Waals surface area contributed by atoms with Crippen LogP contribution in [0.1, 0.15) is 106 Å². The standard InChI is InChI=1S/C24H25ClFN5O3.C14H18ClFN2O.C10H9BrClFO.C10H9N3O3.C5H11N.CH2O3.2K.H/c1-24(2)10-18(24)30(12-19(32)28-11-14-6-5-8-16(25)21(14)26)20(33)13-31-17-9-4-3-7-15(17)22(29-31)23(27)34;1-14(2)6-11(14)17-8-12(19)18-7-9-4-3-5-10(15)13(9)16;11-6-8(14)5-4-7-2-1-3-9(12)10(7)13;11-10(16)9-6-3-1-2-4-7(6)13(12-9)5-8(14)15;1-5(2)3-4(5)6;2-1-4-3;;;/h3-9,18H,10-13H2,1-2H3,(H2,27,34)(H,28,32);3-5,11,17H,6-8H2,1-2H3,(H,18,19);1-3H,4-6H2;1-4H,5H2,(H2,11,16)(H,14,15);4H,3,6H2,1-2H3;1,3H;;;/q;;;;;;2*+1;-1/p-1. The van der Waals surface area contributed by atoms with Crippen LogP contribution in [-0.2, 0) is 66.3 Å². The van der Waals surface area contributed by atoms with Crippen molar-refractivity contribution in [3.05, 3.63) is 164 Å². The largest absolute Gasteiger partial charge is 1.00 e. The van der Waals surface area contributed by atoms with Gasteiger partial charge in [0.2, 0.25) is 17.7 Å². The second-order valence-electron chi connectivity index (χ2n) is 23.9. The molecular formula is C64H74BrCl3F3K2N11O11. The Bertz CT molecular complexity index is 3860. The Kier molecular flexibility index (Phi) is 34.9. The molecule has 31 heteroatoms. The monoisotopic (exact) mass is 1490 g/mol. The van der Waals surface area contributed by atoms with Gasteiger partial charge in [0, 0.05) is 59.5 Å². The fraction of sp³-hybridized carbons (Fsp3) is 0.375. The van der Waals surface area contributed by atoms with Crippen LogP contribution in [0.25, 0.3) is 21.8 Å². The van der Waals surface area contributed by atoms with E-state index >= 15 is 0 Å². The summed E-state index contributed by atoms with van der Waals surface area (Å²) in [6.45, 7) is 12.3.